The number of hydrogen-bond donors (Lipinski definition) is 1. The number of aryl methyl sites for hydroxylation is 2. The molecule has 1 amide bonds. The van der Waals surface area contributed by atoms with Crippen molar-refractivity contribution in [3.05, 3.63) is 46.4 Å². The lowest BCUT2D eigenvalue weighted by atomic mass is 10.1. The first-order valence-corrected chi connectivity index (χ1v) is 7.37. The van der Waals surface area contributed by atoms with Gasteiger partial charge in [-0.1, -0.05) is 24.6 Å². The van der Waals surface area contributed by atoms with Gasteiger partial charge in [-0.2, -0.15) is 0 Å². The first kappa shape index (κ1) is 16.2. The minimum Gasteiger partial charge on any atom is -0.496 e. The quantitative estimate of drug-likeness (QED) is 0.919. The lowest BCUT2D eigenvalue weighted by Crippen LogP contribution is -2.17. The van der Waals surface area contributed by atoms with Crippen LogP contribution in [0, 0.1) is 6.92 Å². The van der Waals surface area contributed by atoms with Crippen LogP contribution in [0.15, 0.2) is 24.3 Å². The molecule has 1 heterocycles. The molecule has 0 spiro atoms. The summed E-state index contributed by atoms with van der Waals surface area (Å²) in [6, 6.07) is 7.06. The van der Waals surface area contributed by atoms with Crippen molar-refractivity contribution >= 4 is 23.3 Å². The van der Waals surface area contributed by atoms with Crippen molar-refractivity contribution in [1.29, 1.82) is 0 Å². The van der Waals surface area contributed by atoms with E-state index in [1.807, 2.05) is 6.92 Å². The summed E-state index contributed by atoms with van der Waals surface area (Å²) < 4.78 is 5.24. The highest BCUT2D eigenvalue weighted by molar-refractivity contribution is 6.31. The Bertz CT molecular complexity index is 689. The Balaban J connectivity index is 2.16. The molecular formula is C16H18ClN3O2. The van der Waals surface area contributed by atoms with Gasteiger partial charge < -0.3 is 10.1 Å². The number of nitrogens with zero attached hydrogens (tertiary/aromatic N) is 2. The molecule has 1 N–H and O–H groups in total. The number of halogens is 1. The van der Waals surface area contributed by atoms with Gasteiger partial charge in [-0.25, -0.2) is 9.97 Å². The van der Waals surface area contributed by atoms with Gasteiger partial charge in [0, 0.05) is 22.3 Å². The summed E-state index contributed by atoms with van der Waals surface area (Å²) in [5.74, 6) is 1.52. The minimum atomic E-state index is -0.202. The van der Waals surface area contributed by atoms with E-state index in [9.17, 15) is 4.79 Å². The minimum absolute atomic E-state index is 0.118. The second-order valence-corrected chi connectivity index (χ2v) is 5.20. The predicted molar refractivity (Wildman–Crippen MR) is 86.5 cm³/mol. The molecule has 0 unspecified atom stereocenters. The van der Waals surface area contributed by atoms with Gasteiger partial charge in [0.2, 0.25) is 5.91 Å². The molecule has 0 aliphatic heterocycles. The number of anilines is 1. The number of amides is 1. The van der Waals surface area contributed by atoms with Gasteiger partial charge >= 0.3 is 0 Å². The Morgan fingerprint density at radius 2 is 2.14 bits per heavy atom. The highest BCUT2D eigenvalue weighted by Crippen LogP contribution is 2.26. The van der Waals surface area contributed by atoms with Gasteiger partial charge in [-0.15, -0.1) is 0 Å². The normalized spacial score (nSPS) is 10.4. The van der Waals surface area contributed by atoms with E-state index in [2.05, 4.69) is 15.3 Å². The van der Waals surface area contributed by atoms with Crippen LogP contribution in [0.1, 0.15) is 24.0 Å². The molecule has 0 saturated carbocycles. The van der Waals surface area contributed by atoms with Crippen molar-refractivity contribution < 1.29 is 9.53 Å². The molecule has 5 nitrogen and oxygen atoms in total. The van der Waals surface area contributed by atoms with Gasteiger partial charge in [-0.3, -0.25) is 4.79 Å². The smallest absolute Gasteiger partial charge is 0.230 e. The van der Waals surface area contributed by atoms with Crippen LogP contribution < -0.4 is 10.1 Å². The summed E-state index contributed by atoms with van der Waals surface area (Å²) in [6.45, 7) is 3.80. The summed E-state index contributed by atoms with van der Waals surface area (Å²) in [4.78, 5) is 20.7. The molecule has 0 atom stereocenters. The third-order valence-corrected chi connectivity index (χ3v) is 3.51. The number of carbonyl (C=O) groups is 1. The van der Waals surface area contributed by atoms with E-state index in [4.69, 9.17) is 16.3 Å². The van der Waals surface area contributed by atoms with Crippen molar-refractivity contribution in [3.8, 4) is 5.75 Å². The third-order valence-electron chi connectivity index (χ3n) is 3.15. The second-order valence-electron chi connectivity index (χ2n) is 4.79. The maximum absolute atomic E-state index is 12.2. The summed E-state index contributed by atoms with van der Waals surface area (Å²) in [7, 11) is 1.55. The average molecular weight is 320 g/mol. The topological polar surface area (TPSA) is 64.1 Å². The highest BCUT2D eigenvalue weighted by Gasteiger charge is 2.13. The molecule has 0 aliphatic carbocycles. The molecule has 1 aromatic carbocycles. The standard InChI is InChI=1S/C16H18ClN3O2/c1-4-11-8-15(19-10(2)18-11)20-16(21)9-12-13(17)6-5-7-14(12)22-3/h5-8H,4,9H2,1-3H3,(H,18,19,20,21). The van der Waals surface area contributed by atoms with Gasteiger partial charge in [0.05, 0.1) is 13.5 Å². The summed E-state index contributed by atoms with van der Waals surface area (Å²) in [5.41, 5.74) is 1.55. The average Bonchev–Trinajstić information content (AvgIpc) is 2.48. The van der Waals surface area contributed by atoms with Gasteiger partial charge in [0.25, 0.3) is 0 Å². The number of nitrogens with one attached hydrogen (secondary N) is 1. The van der Waals surface area contributed by atoms with E-state index in [1.165, 1.54) is 0 Å². The van der Waals surface area contributed by atoms with Crippen molar-refractivity contribution in [2.45, 2.75) is 26.7 Å². The molecule has 116 valence electrons. The fourth-order valence-electron chi connectivity index (χ4n) is 2.12. The summed E-state index contributed by atoms with van der Waals surface area (Å²) in [5, 5.41) is 3.28. The number of hydrogen-bond acceptors (Lipinski definition) is 4. The van der Waals surface area contributed by atoms with Crippen molar-refractivity contribution in [2.24, 2.45) is 0 Å². The number of aromatic nitrogens is 2. The Hall–Kier alpha value is -2.14. The Kier molecular flexibility index (Phi) is 5.33. The van der Waals surface area contributed by atoms with E-state index in [0.29, 0.717) is 28.0 Å². The maximum atomic E-state index is 12.2. The monoisotopic (exact) mass is 319 g/mol. The van der Waals surface area contributed by atoms with E-state index >= 15 is 0 Å². The number of benzene rings is 1. The van der Waals surface area contributed by atoms with Gasteiger partial charge in [0.1, 0.15) is 17.4 Å². The zero-order chi connectivity index (χ0) is 16.1. The van der Waals surface area contributed by atoms with Crippen LogP contribution in [-0.4, -0.2) is 23.0 Å². The molecule has 0 radical (unpaired) electrons. The number of ether oxygens (including phenoxy) is 1. The van der Waals surface area contributed by atoms with Crippen LogP contribution in [-0.2, 0) is 17.6 Å². The van der Waals surface area contributed by atoms with Crippen LogP contribution in [0.2, 0.25) is 5.02 Å². The zero-order valence-electron chi connectivity index (χ0n) is 12.8. The number of rotatable bonds is 5. The van der Waals surface area contributed by atoms with Gasteiger partial charge in [-0.05, 0) is 25.5 Å². The molecule has 0 aliphatic rings. The number of methoxy groups -OCH3 is 1. The summed E-state index contributed by atoms with van der Waals surface area (Å²) in [6.07, 6.45) is 0.901. The fraction of sp³-hybridized carbons (Fsp3) is 0.312. The Morgan fingerprint density at radius 3 is 2.82 bits per heavy atom. The Morgan fingerprint density at radius 1 is 1.36 bits per heavy atom. The van der Waals surface area contributed by atoms with Crippen molar-refractivity contribution in [3.63, 3.8) is 0 Å². The molecule has 0 saturated heterocycles. The fourth-order valence-corrected chi connectivity index (χ4v) is 2.36. The van der Waals surface area contributed by atoms with Crippen LogP contribution in [0.5, 0.6) is 5.75 Å². The van der Waals surface area contributed by atoms with E-state index in [0.717, 1.165) is 12.1 Å². The molecule has 6 heteroatoms. The number of carbonyl (C=O) groups excluding carboxylic acids is 1. The third kappa shape index (κ3) is 3.95. The lowest BCUT2D eigenvalue weighted by Gasteiger charge is -2.11. The van der Waals surface area contributed by atoms with Crippen molar-refractivity contribution in [2.75, 3.05) is 12.4 Å². The molecule has 2 rings (SSSR count). The van der Waals surface area contributed by atoms with E-state index < -0.39 is 0 Å². The second kappa shape index (κ2) is 7.22. The van der Waals surface area contributed by atoms with Crippen molar-refractivity contribution in [1.82, 2.24) is 9.97 Å². The van der Waals surface area contributed by atoms with Crippen LogP contribution in [0.4, 0.5) is 5.82 Å². The molecular weight excluding hydrogens is 302 g/mol. The first-order chi connectivity index (χ1) is 10.5. The van der Waals surface area contributed by atoms with Crippen LogP contribution in [0.25, 0.3) is 0 Å². The van der Waals surface area contributed by atoms with E-state index in [1.54, 1.807) is 38.3 Å². The SMILES string of the molecule is CCc1cc(NC(=O)Cc2c(Cl)cccc2OC)nc(C)n1. The Labute approximate surface area is 134 Å². The highest BCUT2D eigenvalue weighted by atomic mass is 35.5. The van der Waals surface area contributed by atoms with E-state index in [-0.39, 0.29) is 12.3 Å². The maximum Gasteiger partial charge on any atom is 0.230 e. The molecule has 22 heavy (non-hydrogen) atoms. The molecule has 0 bridgehead atoms. The molecule has 1 aromatic heterocycles. The zero-order valence-corrected chi connectivity index (χ0v) is 13.6. The largest absolute Gasteiger partial charge is 0.496 e. The van der Waals surface area contributed by atoms with Gasteiger partial charge in [0.15, 0.2) is 0 Å². The molecule has 2 aromatic rings. The molecule has 0 fully saturated rings. The van der Waals surface area contributed by atoms with Crippen LogP contribution in [0.3, 0.4) is 0 Å². The lowest BCUT2D eigenvalue weighted by molar-refractivity contribution is -0.115. The summed E-state index contributed by atoms with van der Waals surface area (Å²) >= 11 is 6.14. The van der Waals surface area contributed by atoms with Crippen LogP contribution >= 0.6 is 11.6 Å². The predicted octanol–water partition coefficient (Wildman–Crippen LogP) is 3.19. The first-order valence-electron chi connectivity index (χ1n) is 6.99.